The molecule has 0 saturated carbocycles. The van der Waals surface area contributed by atoms with E-state index in [-0.39, 0.29) is 6.10 Å². The minimum absolute atomic E-state index is 0.197. The zero-order chi connectivity index (χ0) is 14.7. The van der Waals surface area contributed by atoms with Gasteiger partial charge in [0, 0.05) is 7.11 Å². The Morgan fingerprint density at radius 2 is 1.65 bits per heavy atom. The minimum Gasteiger partial charge on any atom is -0.373 e. The Balaban J connectivity index is 2.48. The fraction of sp³-hybridized carbons (Fsp3) is 0.333. The highest BCUT2D eigenvalue weighted by atomic mass is 35.5. The Kier molecular flexibility index (Phi) is 4.97. The van der Waals surface area contributed by atoms with Gasteiger partial charge < -0.3 is 4.74 Å². The smallest absolute Gasteiger partial charge is 0.160 e. The van der Waals surface area contributed by atoms with Crippen molar-refractivity contribution in [2.24, 2.45) is 0 Å². The predicted molar refractivity (Wildman–Crippen MR) is 82.3 cm³/mol. The molecule has 1 unspecified atom stereocenters. The van der Waals surface area contributed by atoms with E-state index >= 15 is 0 Å². The van der Waals surface area contributed by atoms with Crippen molar-refractivity contribution in [2.45, 2.75) is 26.4 Å². The summed E-state index contributed by atoms with van der Waals surface area (Å²) in [6, 6.07) is 7.91. The van der Waals surface area contributed by atoms with Crippen LogP contribution in [0.15, 0.2) is 24.3 Å². The monoisotopic (exact) mass is 310 g/mol. The summed E-state index contributed by atoms with van der Waals surface area (Å²) in [5, 5.41) is 0.693. The maximum absolute atomic E-state index is 6.28. The van der Waals surface area contributed by atoms with Crippen molar-refractivity contribution < 1.29 is 4.74 Å². The van der Waals surface area contributed by atoms with Gasteiger partial charge in [-0.2, -0.15) is 0 Å². The first-order valence-corrected chi connectivity index (χ1v) is 7.15. The number of aryl methyl sites for hydroxylation is 1. The highest BCUT2D eigenvalue weighted by Crippen LogP contribution is 2.34. The highest BCUT2D eigenvalue weighted by Gasteiger charge is 2.18. The summed E-state index contributed by atoms with van der Waals surface area (Å²) in [5.41, 5.74) is 2.73. The fourth-order valence-corrected chi connectivity index (χ4v) is 2.60. The quantitative estimate of drug-likeness (QED) is 0.757. The second-order valence-electron chi connectivity index (χ2n) is 4.54. The number of benzene rings is 1. The topological polar surface area (TPSA) is 35.0 Å². The van der Waals surface area contributed by atoms with Crippen molar-refractivity contribution in [3.05, 3.63) is 46.0 Å². The van der Waals surface area contributed by atoms with Crippen LogP contribution in [0.1, 0.15) is 30.8 Å². The normalized spacial score (nSPS) is 12.4. The highest BCUT2D eigenvalue weighted by molar-refractivity contribution is 6.37. The lowest BCUT2D eigenvalue weighted by molar-refractivity contribution is 0.0926. The third-order valence-corrected chi connectivity index (χ3v) is 3.67. The molecule has 1 heterocycles. The number of hydrogen-bond donors (Lipinski definition) is 0. The van der Waals surface area contributed by atoms with Crippen LogP contribution in [0.2, 0.25) is 10.3 Å². The summed E-state index contributed by atoms with van der Waals surface area (Å²) in [4.78, 5) is 8.64. The maximum atomic E-state index is 6.28. The van der Waals surface area contributed by atoms with E-state index in [0.29, 0.717) is 21.7 Å². The van der Waals surface area contributed by atoms with E-state index in [2.05, 4.69) is 9.97 Å². The van der Waals surface area contributed by atoms with Crippen LogP contribution in [0.25, 0.3) is 11.1 Å². The SMILES string of the molecule is CCC(OC)c1nc(Cl)c(-c2ccc(C)cc2)c(Cl)n1. The zero-order valence-corrected chi connectivity index (χ0v) is 13.2. The van der Waals surface area contributed by atoms with Crippen molar-refractivity contribution in [3.8, 4) is 11.1 Å². The molecule has 106 valence electrons. The summed E-state index contributed by atoms with van der Waals surface area (Å²) in [5.74, 6) is 0.515. The van der Waals surface area contributed by atoms with Gasteiger partial charge in [-0.1, -0.05) is 60.0 Å². The molecule has 1 aromatic heterocycles. The number of ether oxygens (including phenoxy) is 1. The summed E-state index contributed by atoms with van der Waals surface area (Å²) >= 11 is 12.6. The molecule has 2 rings (SSSR count). The molecular formula is C15H16Cl2N2O. The Morgan fingerprint density at radius 3 is 2.10 bits per heavy atom. The van der Waals surface area contributed by atoms with Crippen LogP contribution in [0, 0.1) is 6.92 Å². The summed E-state index contributed by atoms with van der Waals surface area (Å²) in [7, 11) is 1.62. The molecular weight excluding hydrogens is 295 g/mol. The largest absolute Gasteiger partial charge is 0.373 e. The van der Waals surface area contributed by atoms with Gasteiger partial charge in [-0.3, -0.25) is 0 Å². The average Bonchev–Trinajstić information content (AvgIpc) is 2.41. The lowest BCUT2D eigenvalue weighted by atomic mass is 10.1. The lowest BCUT2D eigenvalue weighted by Crippen LogP contribution is -2.07. The molecule has 0 aliphatic rings. The standard InChI is InChI=1S/C15H16Cl2N2O/c1-4-11(20-3)15-18-13(16)12(14(17)19-15)10-7-5-9(2)6-8-10/h5-8,11H,4H2,1-3H3. The fourth-order valence-electron chi connectivity index (χ4n) is 1.98. The molecule has 5 heteroatoms. The number of nitrogens with zero attached hydrogens (tertiary/aromatic N) is 2. The van der Waals surface area contributed by atoms with Gasteiger partial charge in [0.2, 0.25) is 0 Å². The van der Waals surface area contributed by atoms with Crippen LogP contribution in [0.5, 0.6) is 0 Å². The summed E-state index contributed by atoms with van der Waals surface area (Å²) in [6.07, 6.45) is 0.560. The molecule has 1 aromatic carbocycles. The van der Waals surface area contributed by atoms with Crippen molar-refractivity contribution in [3.63, 3.8) is 0 Å². The predicted octanol–water partition coefficient (Wildman–Crippen LogP) is 4.86. The number of methoxy groups -OCH3 is 1. The molecule has 0 aliphatic carbocycles. The average molecular weight is 311 g/mol. The van der Waals surface area contributed by atoms with Gasteiger partial charge in [-0.15, -0.1) is 0 Å². The Hall–Kier alpha value is -1.16. The van der Waals surface area contributed by atoms with Crippen LogP contribution in [-0.4, -0.2) is 17.1 Å². The van der Waals surface area contributed by atoms with E-state index in [1.165, 1.54) is 5.56 Å². The Labute approximate surface area is 128 Å². The van der Waals surface area contributed by atoms with Crippen LogP contribution < -0.4 is 0 Å². The summed E-state index contributed by atoms with van der Waals surface area (Å²) in [6.45, 7) is 4.02. The van der Waals surface area contributed by atoms with Crippen molar-refractivity contribution in [1.29, 1.82) is 0 Å². The van der Waals surface area contributed by atoms with Gasteiger partial charge in [-0.25, -0.2) is 9.97 Å². The molecule has 0 bridgehead atoms. The second-order valence-corrected chi connectivity index (χ2v) is 5.25. The summed E-state index contributed by atoms with van der Waals surface area (Å²) < 4.78 is 5.31. The molecule has 0 aliphatic heterocycles. The van der Waals surface area contributed by atoms with Crippen LogP contribution in [0.4, 0.5) is 0 Å². The molecule has 0 N–H and O–H groups in total. The van der Waals surface area contributed by atoms with Gasteiger partial charge in [0.1, 0.15) is 16.4 Å². The number of hydrogen-bond acceptors (Lipinski definition) is 3. The number of rotatable bonds is 4. The lowest BCUT2D eigenvalue weighted by Gasteiger charge is -2.14. The van der Waals surface area contributed by atoms with E-state index in [9.17, 15) is 0 Å². The first-order valence-electron chi connectivity index (χ1n) is 6.39. The van der Waals surface area contributed by atoms with Crippen LogP contribution in [-0.2, 0) is 4.74 Å². The first kappa shape index (κ1) is 15.2. The van der Waals surface area contributed by atoms with E-state index < -0.39 is 0 Å². The first-order chi connectivity index (χ1) is 9.56. The van der Waals surface area contributed by atoms with E-state index in [1.54, 1.807) is 7.11 Å². The molecule has 1 atom stereocenters. The van der Waals surface area contributed by atoms with Crippen molar-refractivity contribution >= 4 is 23.2 Å². The van der Waals surface area contributed by atoms with E-state index in [4.69, 9.17) is 27.9 Å². The molecule has 3 nitrogen and oxygen atoms in total. The van der Waals surface area contributed by atoms with Crippen LogP contribution in [0.3, 0.4) is 0 Å². The Bertz CT molecular complexity index is 572. The van der Waals surface area contributed by atoms with E-state index in [0.717, 1.165) is 12.0 Å². The Morgan fingerprint density at radius 1 is 1.10 bits per heavy atom. The van der Waals surface area contributed by atoms with Crippen molar-refractivity contribution in [2.75, 3.05) is 7.11 Å². The number of aromatic nitrogens is 2. The van der Waals surface area contributed by atoms with E-state index in [1.807, 2.05) is 38.1 Å². The molecule has 0 amide bonds. The second kappa shape index (κ2) is 6.53. The molecule has 0 spiro atoms. The zero-order valence-electron chi connectivity index (χ0n) is 11.7. The minimum atomic E-state index is -0.197. The van der Waals surface area contributed by atoms with Crippen molar-refractivity contribution in [1.82, 2.24) is 9.97 Å². The van der Waals surface area contributed by atoms with Gasteiger partial charge in [0.05, 0.1) is 5.56 Å². The molecule has 0 radical (unpaired) electrons. The van der Waals surface area contributed by atoms with Gasteiger partial charge >= 0.3 is 0 Å². The van der Waals surface area contributed by atoms with Gasteiger partial charge in [-0.05, 0) is 18.9 Å². The molecule has 2 aromatic rings. The molecule has 20 heavy (non-hydrogen) atoms. The van der Waals surface area contributed by atoms with Gasteiger partial charge in [0.25, 0.3) is 0 Å². The third-order valence-electron chi connectivity index (χ3n) is 3.12. The molecule has 0 saturated heterocycles. The number of halogens is 2. The maximum Gasteiger partial charge on any atom is 0.160 e. The van der Waals surface area contributed by atoms with Gasteiger partial charge in [0.15, 0.2) is 5.82 Å². The van der Waals surface area contributed by atoms with Crippen LogP contribution >= 0.6 is 23.2 Å². The third kappa shape index (κ3) is 3.11. The molecule has 0 fully saturated rings.